The van der Waals surface area contributed by atoms with Gasteiger partial charge in [0, 0.05) is 39.9 Å². The lowest BCUT2D eigenvalue weighted by Gasteiger charge is -2.33. The number of hydrogen-bond donors (Lipinski definition) is 2. The Morgan fingerprint density at radius 1 is 1.08 bits per heavy atom. The Balaban J connectivity index is 0.00000576. The molecule has 0 aromatic heterocycles. The molecule has 1 saturated heterocycles. The zero-order chi connectivity index (χ0) is 17.5. The first kappa shape index (κ1) is 24.9. The van der Waals surface area contributed by atoms with Crippen molar-refractivity contribution < 1.29 is 9.47 Å². The van der Waals surface area contributed by atoms with Crippen molar-refractivity contribution in [2.45, 2.75) is 51.5 Å². The molecule has 1 aliphatic rings. The van der Waals surface area contributed by atoms with Gasteiger partial charge in [-0.25, -0.2) is 0 Å². The van der Waals surface area contributed by atoms with E-state index in [4.69, 9.17) is 9.47 Å². The zero-order valence-corrected chi connectivity index (χ0v) is 18.7. The largest absolute Gasteiger partial charge is 0.382 e. The van der Waals surface area contributed by atoms with Crippen LogP contribution in [0.4, 0.5) is 0 Å². The van der Waals surface area contributed by atoms with Crippen molar-refractivity contribution in [3.63, 3.8) is 0 Å². The molecular formula is C18H39IN4O2. The van der Waals surface area contributed by atoms with Crippen LogP contribution in [0.25, 0.3) is 0 Å². The van der Waals surface area contributed by atoms with E-state index >= 15 is 0 Å². The molecule has 7 heteroatoms. The van der Waals surface area contributed by atoms with Gasteiger partial charge in [-0.1, -0.05) is 6.42 Å². The number of methoxy groups -OCH3 is 1. The van der Waals surface area contributed by atoms with E-state index in [1.165, 1.54) is 45.2 Å². The highest BCUT2D eigenvalue weighted by Gasteiger charge is 2.16. The van der Waals surface area contributed by atoms with Gasteiger partial charge in [-0.15, -0.1) is 24.0 Å². The van der Waals surface area contributed by atoms with Crippen molar-refractivity contribution in [2.75, 3.05) is 60.2 Å². The smallest absolute Gasteiger partial charge is 0.190 e. The number of likely N-dealkylation sites (tertiary alicyclic amines) is 1. The fourth-order valence-corrected chi connectivity index (χ4v) is 2.98. The Morgan fingerprint density at radius 3 is 2.52 bits per heavy atom. The van der Waals surface area contributed by atoms with Gasteiger partial charge in [0.1, 0.15) is 0 Å². The summed E-state index contributed by atoms with van der Waals surface area (Å²) in [5.74, 6) is 0.887. The molecule has 1 atom stereocenters. The molecule has 0 aromatic carbocycles. The van der Waals surface area contributed by atoms with E-state index < -0.39 is 0 Å². The van der Waals surface area contributed by atoms with Crippen LogP contribution in [-0.4, -0.2) is 77.1 Å². The van der Waals surface area contributed by atoms with Gasteiger partial charge < -0.3 is 25.0 Å². The molecule has 1 unspecified atom stereocenters. The van der Waals surface area contributed by atoms with Gasteiger partial charge in [0.2, 0.25) is 0 Å². The summed E-state index contributed by atoms with van der Waals surface area (Å²) in [7, 11) is 3.51. The maximum atomic E-state index is 5.44. The SMILES string of the molecule is CN=C(NCCCCN1CCCCC1C)NCCCOCCOC.I. The van der Waals surface area contributed by atoms with Gasteiger partial charge in [-0.05, 0) is 52.1 Å². The van der Waals surface area contributed by atoms with E-state index in [9.17, 15) is 0 Å². The number of guanidine groups is 1. The van der Waals surface area contributed by atoms with Crippen LogP contribution in [-0.2, 0) is 9.47 Å². The highest BCUT2D eigenvalue weighted by Crippen LogP contribution is 2.16. The molecule has 1 fully saturated rings. The monoisotopic (exact) mass is 470 g/mol. The number of nitrogens with one attached hydrogen (secondary N) is 2. The van der Waals surface area contributed by atoms with Gasteiger partial charge in [0.25, 0.3) is 0 Å². The molecule has 0 radical (unpaired) electrons. The second kappa shape index (κ2) is 17.3. The third kappa shape index (κ3) is 12.8. The van der Waals surface area contributed by atoms with Crippen molar-refractivity contribution >= 4 is 29.9 Å². The Bertz CT molecular complexity index is 332. The maximum Gasteiger partial charge on any atom is 0.190 e. The molecule has 0 saturated carbocycles. The average molecular weight is 470 g/mol. The molecule has 150 valence electrons. The number of unbranched alkanes of at least 4 members (excludes halogenated alkanes) is 1. The maximum absolute atomic E-state index is 5.44. The van der Waals surface area contributed by atoms with E-state index in [-0.39, 0.29) is 24.0 Å². The van der Waals surface area contributed by atoms with E-state index in [1.54, 1.807) is 7.11 Å². The summed E-state index contributed by atoms with van der Waals surface area (Å²) in [5, 5.41) is 6.71. The second-order valence-corrected chi connectivity index (χ2v) is 6.47. The van der Waals surface area contributed by atoms with Crippen molar-refractivity contribution in [1.29, 1.82) is 0 Å². The van der Waals surface area contributed by atoms with Gasteiger partial charge in [-0.2, -0.15) is 0 Å². The normalized spacial score (nSPS) is 18.7. The highest BCUT2D eigenvalue weighted by atomic mass is 127. The van der Waals surface area contributed by atoms with E-state index in [2.05, 4.69) is 27.4 Å². The number of aliphatic imine (C=N–C) groups is 1. The molecule has 0 aromatic rings. The van der Waals surface area contributed by atoms with E-state index in [0.717, 1.165) is 38.1 Å². The topological polar surface area (TPSA) is 58.1 Å². The summed E-state index contributed by atoms with van der Waals surface area (Å²) < 4.78 is 10.4. The number of hydrogen-bond acceptors (Lipinski definition) is 4. The fraction of sp³-hybridized carbons (Fsp3) is 0.944. The number of piperidine rings is 1. The minimum Gasteiger partial charge on any atom is -0.382 e. The Kier molecular flexibility index (Phi) is 17.2. The summed E-state index contributed by atoms with van der Waals surface area (Å²) >= 11 is 0. The first-order chi connectivity index (χ1) is 11.8. The lowest BCUT2D eigenvalue weighted by Crippen LogP contribution is -2.39. The highest BCUT2D eigenvalue weighted by molar-refractivity contribution is 14.0. The first-order valence-electron chi connectivity index (χ1n) is 9.53. The van der Waals surface area contributed by atoms with Gasteiger partial charge >= 0.3 is 0 Å². The number of nitrogens with zero attached hydrogens (tertiary/aromatic N) is 2. The van der Waals surface area contributed by atoms with Crippen LogP contribution < -0.4 is 10.6 Å². The van der Waals surface area contributed by atoms with Crippen LogP contribution in [0.1, 0.15) is 45.4 Å². The fourth-order valence-electron chi connectivity index (χ4n) is 2.98. The molecule has 6 nitrogen and oxygen atoms in total. The van der Waals surface area contributed by atoms with Crippen LogP contribution in [0.2, 0.25) is 0 Å². The number of rotatable bonds is 12. The summed E-state index contributed by atoms with van der Waals surface area (Å²) in [4.78, 5) is 6.90. The van der Waals surface area contributed by atoms with Crippen molar-refractivity contribution in [1.82, 2.24) is 15.5 Å². The van der Waals surface area contributed by atoms with Crippen LogP contribution in [0.3, 0.4) is 0 Å². The molecule has 0 bridgehead atoms. The van der Waals surface area contributed by atoms with Crippen LogP contribution in [0, 0.1) is 0 Å². The predicted molar refractivity (Wildman–Crippen MR) is 116 cm³/mol. The molecule has 0 amide bonds. The van der Waals surface area contributed by atoms with E-state index in [0.29, 0.717) is 13.2 Å². The Morgan fingerprint density at radius 2 is 1.84 bits per heavy atom. The van der Waals surface area contributed by atoms with Gasteiger partial charge in [0.15, 0.2) is 5.96 Å². The third-order valence-corrected chi connectivity index (χ3v) is 4.52. The van der Waals surface area contributed by atoms with Crippen LogP contribution >= 0.6 is 24.0 Å². The molecule has 1 aliphatic heterocycles. The lowest BCUT2D eigenvalue weighted by molar-refractivity contribution is 0.0698. The molecule has 0 spiro atoms. The zero-order valence-electron chi connectivity index (χ0n) is 16.4. The van der Waals surface area contributed by atoms with Crippen LogP contribution in [0.5, 0.6) is 0 Å². The van der Waals surface area contributed by atoms with E-state index in [1.807, 2.05) is 7.05 Å². The Labute approximate surface area is 171 Å². The summed E-state index contributed by atoms with van der Waals surface area (Å²) in [6, 6.07) is 0.771. The first-order valence-corrected chi connectivity index (χ1v) is 9.53. The molecule has 25 heavy (non-hydrogen) atoms. The summed E-state index contributed by atoms with van der Waals surface area (Å²) in [6.45, 7) is 8.80. The quantitative estimate of drug-likeness (QED) is 0.199. The summed E-state index contributed by atoms with van der Waals surface area (Å²) in [6.07, 6.45) is 7.54. The molecule has 1 rings (SSSR count). The van der Waals surface area contributed by atoms with Crippen LogP contribution in [0.15, 0.2) is 4.99 Å². The summed E-state index contributed by atoms with van der Waals surface area (Å²) in [5.41, 5.74) is 0. The van der Waals surface area contributed by atoms with Crippen molar-refractivity contribution in [3.8, 4) is 0 Å². The minimum absolute atomic E-state index is 0. The van der Waals surface area contributed by atoms with Gasteiger partial charge in [0.05, 0.1) is 13.2 Å². The second-order valence-electron chi connectivity index (χ2n) is 6.47. The Hall–Kier alpha value is -0.120. The molecule has 1 heterocycles. The van der Waals surface area contributed by atoms with Crippen molar-refractivity contribution in [3.05, 3.63) is 0 Å². The lowest BCUT2D eigenvalue weighted by atomic mass is 10.0. The number of halogens is 1. The predicted octanol–water partition coefficient (Wildman–Crippen LogP) is 2.48. The van der Waals surface area contributed by atoms with Crippen molar-refractivity contribution in [2.24, 2.45) is 4.99 Å². The third-order valence-electron chi connectivity index (χ3n) is 4.52. The average Bonchev–Trinajstić information content (AvgIpc) is 2.60. The molecule has 0 aliphatic carbocycles. The minimum atomic E-state index is 0. The molecule has 2 N–H and O–H groups in total. The molecular weight excluding hydrogens is 431 g/mol. The standard InChI is InChI=1S/C18H38N4O2.HI/c1-17-9-4-6-12-22(17)13-7-5-10-20-18(19-2)21-11-8-14-24-16-15-23-3;/h17H,4-16H2,1-3H3,(H2,19,20,21);1H. The van der Waals surface area contributed by atoms with Gasteiger partial charge in [-0.3, -0.25) is 4.99 Å². The number of ether oxygens (including phenoxy) is 2.